The Morgan fingerprint density at radius 3 is 2.50 bits per heavy atom. The molecule has 0 saturated carbocycles. The van der Waals surface area contributed by atoms with Crippen LogP contribution in [0.1, 0.15) is 42.1 Å². The predicted molar refractivity (Wildman–Crippen MR) is 67.2 cm³/mol. The number of Topliss-reactive ketones (excluding diaryl/α,β-unsaturated/α-hetero) is 1. The fourth-order valence-corrected chi connectivity index (χ4v) is 2.34. The molecule has 2 rings (SSSR count). The van der Waals surface area contributed by atoms with Crippen molar-refractivity contribution in [3.05, 3.63) is 29.3 Å². The molecule has 0 spiro atoms. The van der Waals surface area contributed by atoms with Crippen LogP contribution in [0.25, 0.3) is 0 Å². The second-order valence-corrected chi connectivity index (χ2v) is 4.62. The molecule has 0 amide bonds. The minimum Gasteiger partial charge on any atom is -0.371 e. The maximum absolute atomic E-state index is 11.6. The van der Waals surface area contributed by atoms with Gasteiger partial charge in [-0.1, -0.05) is 11.6 Å². The number of nitrogens with zero attached hydrogens (tertiary/aromatic N) is 1. The molecule has 16 heavy (non-hydrogen) atoms. The van der Waals surface area contributed by atoms with Gasteiger partial charge in [-0.3, -0.25) is 4.79 Å². The largest absolute Gasteiger partial charge is 0.371 e. The molecule has 1 aromatic carbocycles. The van der Waals surface area contributed by atoms with E-state index >= 15 is 0 Å². The lowest BCUT2D eigenvalue weighted by Gasteiger charge is -2.30. The quantitative estimate of drug-likeness (QED) is 0.709. The van der Waals surface area contributed by atoms with Crippen molar-refractivity contribution in [1.29, 1.82) is 0 Å². The molecule has 1 saturated heterocycles. The van der Waals surface area contributed by atoms with Crippen LogP contribution >= 0.6 is 0 Å². The fourth-order valence-electron chi connectivity index (χ4n) is 2.34. The van der Waals surface area contributed by atoms with Gasteiger partial charge in [-0.25, -0.2) is 0 Å². The van der Waals surface area contributed by atoms with Crippen LogP contribution < -0.4 is 4.90 Å². The second-order valence-electron chi connectivity index (χ2n) is 4.62. The third-order valence-electron chi connectivity index (χ3n) is 3.23. The smallest absolute Gasteiger partial charge is 0.161 e. The standard InChI is InChI=1S/C14H19NO/c1-11-6-7-14(13(10-11)12(2)16)15-8-4-3-5-9-15/h6-7,10H,3-5,8-9H2,1-2H3. The topological polar surface area (TPSA) is 20.3 Å². The summed E-state index contributed by atoms with van der Waals surface area (Å²) in [7, 11) is 0. The number of benzene rings is 1. The van der Waals surface area contributed by atoms with E-state index in [9.17, 15) is 4.79 Å². The Bertz CT molecular complexity index is 392. The van der Waals surface area contributed by atoms with Gasteiger partial charge < -0.3 is 4.90 Å². The second kappa shape index (κ2) is 4.69. The summed E-state index contributed by atoms with van der Waals surface area (Å²) in [4.78, 5) is 14.0. The molecule has 1 fully saturated rings. The number of aryl methyl sites for hydroxylation is 1. The van der Waals surface area contributed by atoms with E-state index < -0.39 is 0 Å². The molecule has 1 aromatic rings. The van der Waals surface area contributed by atoms with Gasteiger partial charge >= 0.3 is 0 Å². The van der Waals surface area contributed by atoms with Gasteiger partial charge in [0, 0.05) is 24.3 Å². The van der Waals surface area contributed by atoms with Crippen molar-refractivity contribution in [1.82, 2.24) is 0 Å². The molecule has 86 valence electrons. The fraction of sp³-hybridized carbons (Fsp3) is 0.500. The zero-order valence-electron chi connectivity index (χ0n) is 10.1. The summed E-state index contributed by atoms with van der Waals surface area (Å²) in [6, 6.07) is 6.19. The molecule has 2 heteroatoms. The van der Waals surface area contributed by atoms with Crippen LogP contribution in [0, 0.1) is 6.92 Å². The average Bonchev–Trinajstić information content (AvgIpc) is 2.30. The highest BCUT2D eigenvalue weighted by Gasteiger charge is 2.16. The van der Waals surface area contributed by atoms with E-state index in [-0.39, 0.29) is 5.78 Å². The van der Waals surface area contributed by atoms with Crippen molar-refractivity contribution in [2.75, 3.05) is 18.0 Å². The summed E-state index contributed by atoms with van der Waals surface area (Å²) >= 11 is 0. The van der Waals surface area contributed by atoms with E-state index in [1.807, 2.05) is 13.0 Å². The van der Waals surface area contributed by atoms with Crippen LogP contribution in [0.15, 0.2) is 18.2 Å². The van der Waals surface area contributed by atoms with Crippen LogP contribution in [-0.4, -0.2) is 18.9 Å². The van der Waals surface area contributed by atoms with Gasteiger partial charge in [0.25, 0.3) is 0 Å². The minimum absolute atomic E-state index is 0.171. The van der Waals surface area contributed by atoms with Crippen LogP contribution in [-0.2, 0) is 0 Å². The maximum Gasteiger partial charge on any atom is 0.161 e. The highest BCUT2D eigenvalue weighted by Crippen LogP contribution is 2.25. The van der Waals surface area contributed by atoms with Crippen molar-refractivity contribution in [3.63, 3.8) is 0 Å². The van der Waals surface area contributed by atoms with Crippen molar-refractivity contribution in [2.45, 2.75) is 33.1 Å². The minimum atomic E-state index is 0.171. The van der Waals surface area contributed by atoms with Gasteiger partial charge in [0.1, 0.15) is 0 Å². The van der Waals surface area contributed by atoms with Gasteiger partial charge in [-0.15, -0.1) is 0 Å². The Hall–Kier alpha value is -1.31. The number of ketones is 1. The molecule has 0 radical (unpaired) electrons. The Labute approximate surface area is 97.3 Å². The molecule has 0 aliphatic carbocycles. The third-order valence-corrected chi connectivity index (χ3v) is 3.23. The van der Waals surface area contributed by atoms with Crippen molar-refractivity contribution >= 4 is 11.5 Å². The molecule has 0 N–H and O–H groups in total. The summed E-state index contributed by atoms with van der Waals surface area (Å²) in [6.45, 7) is 5.86. The number of hydrogen-bond acceptors (Lipinski definition) is 2. The van der Waals surface area contributed by atoms with Gasteiger partial charge in [-0.2, -0.15) is 0 Å². The monoisotopic (exact) mass is 217 g/mol. The van der Waals surface area contributed by atoms with E-state index in [0.717, 1.165) is 29.9 Å². The molecule has 0 bridgehead atoms. The SMILES string of the molecule is CC(=O)c1cc(C)ccc1N1CCCCC1. The number of anilines is 1. The molecular weight excluding hydrogens is 198 g/mol. The van der Waals surface area contributed by atoms with Crippen LogP contribution in [0.5, 0.6) is 0 Å². The molecular formula is C14H19NO. The Morgan fingerprint density at radius 2 is 1.88 bits per heavy atom. The highest BCUT2D eigenvalue weighted by molar-refractivity contribution is 6.00. The maximum atomic E-state index is 11.6. The van der Waals surface area contributed by atoms with Gasteiger partial charge in [-0.05, 0) is 45.2 Å². The summed E-state index contributed by atoms with van der Waals surface area (Å²) < 4.78 is 0. The number of carbonyl (C=O) groups is 1. The average molecular weight is 217 g/mol. The Balaban J connectivity index is 2.34. The Kier molecular flexibility index (Phi) is 3.28. The van der Waals surface area contributed by atoms with Crippen molar-refractivity contribution < 1.29 is 4.79 Å². The summed E-state index contributed by atoms with van der Waals surface area (Å²) in [5.74, 6) is 0.171. The van der Waals surface area contributed by atoms with E-state index in [1.54, 1.807) is 6.92 Å². The molecule has 1 aliphatic rings. The first-order valence-corrected chi connectivity index (χ1v) is 6.05. The van der Waals surface area contributed by atoms with E-state index in [2.05, 4.69) is 17.0 Å². The van der Waals surface area contributed by atoms with Crippen molar-refractivity contribution in [3.8, 4) is 0 Å². The molecule has 0 unspecified atom stereocenters. The highest BCUT2D eigenvalue weighted by atomic mass is 16.1. The molecule has 2 nitrogen and oxygen atoms in total. The van der Waals surface area contributed by atoms with Crippen LogP contribution in [0.2, 0.25) is 0 Å². The lowest BCUT2D eigenvalue weighted by molar-refractivity contribution is 0.101. The van der Waals surface area contributed by atoms with Gasteiger partial charge in [0.05, 0.1) is 0 Å². The molecule has 1 aliphatic heterocycles. The summed E-state index contributed by atoms with van der Waals surface area (Å²) in [5.41, 5.74) is 3.16. The predicted octanol–water partition coefficient (Wildman–Crippen LogP) is 3.19. The molecule has 0 aromatic heterocycles. The number of carbonyl (C=O) groups excluding carboxylic acids is 1. The normalized spacial score (nSPS) is 16.2. The lowest BCUT2D eigenvalue weighted by Crippen LogP contribution is -2.30. The third kappa shape index (κ3) is 2.26. The molecule has 0 atom stereocenters. The van der Waals surface area contributed by atoms with E-state index in [0.29, 0.717) is 0 Å². The van der Waals surface area contributed by atoms with Gasteiger partial charge in [0.2, 0.25) is 0 Å². The zero-order chi connectivity index (χ0) is 11.5. The number of hydrogen-bond donors (Lipinski definition) is 0. The first-order chi connectivity index (χ1) is 7.68. The molecule has 1 heterocycles. The first kappa shape index (κ1) is 11.2. The first-order valence-electron chi connectivity index (χ1n) is 6.05. The van der Waals surface area contributed by atoms with Crippen LogP contribution in [0.3, 0.4) is 0 Å². The summed E-state index contributed by atoms with van der Waals surface area (Å²) in [5, 5.41) is 0. The zero-order valence-corrected chi connectivity index (χ0v) is 10.1. The summed E-state index contributed by atoms with van der Waals surface area (Å²) in [6.07, 6.45) is 3.80. The van der Waals surface area contributed by atoms with Crippen molar-refractivity contribution in [2.24, 2.45) is 0 Å². The Morgan fingerprint density at radius 1 is 1.19 bits per heavy atom. The van der Waals surface area contributed by atoms with Crippen LogP contribution in [0.4, 0.5) is 5.69 Å². The van der Waals surface area contributed by atoms with E-state index in [4.69, 9.17) is 0 Å². The number of piperidine rings is 1. The lowest BCUT2D eigenvalue weighted by atomic mass is 10.0. The number of rotatable bonds is 2. The van der Waals surface area contributed by atoms with E-state index in [1.165, 1.54) is 19.3 Å². The van der Waals surface area contributed by atoms with Gasteiger partial charge in [0.15, 0.2) is 5.78 Å².